The van der Waals surface area contributed by atoms with Crippen molar-refractivity contribution in [2.75, 3.05) is 37.1 Å². The lowest BCUT2D eigenvalue weighted by Crippen LogP contribution is -2.38. The lowest BCUT2D eigenvalue weighted by molar-refractivity contribution is 0.278. The Morgan fingerprint density at radius 3 is 2.22 bits per heavy atom. The predicted molar refractivity (Wildman–Crippen MR) is 132 cm³/mol. The maximum absolute atomic E-state index is 13.5. The number of anilines is 1. The number of sulfonamides is 1. The van der Waals surface area contributed by atoms with Crippen LogP contribution in [0.15, 0.2) is 47.4 Å². The molecular formula is C26H38N2O3S. The second kappa shape index (κ2) is 10.3. The third-order valence-electron chi connectivity index (χ3n) is 5.95. The summed E-state index contributed by atoms with van der Waals surface area (Å²) in [5, 5.41) is 0. The summed E-state index contributed by atoms with van der Waals surface area (Å²) in [4.78, 5) is 2.79. The van der Waals surface area contributed by atoms with Gasteiger partial charge in [-0.25, -0.2) is 8.42 Å². The van der Waals surface area contributed by atoms with Gasteiger partial charge in [0.1, 0.15) is 12.4 Å². The van der Waals surface area contributed by atoms with Crippen LogP contribution >= 0.6 is 0 Å². The first-order chi connectivity index (χ1) is 15.2. The Hall–Kier alpha value is -2.05. The molecule has 1 aliphatic rings. The molecule has 32 heavy (non-hydrogen) atoms. The van der Waals surface area contributed by atoms with E-state index in [0.29, 0.717) is 29.5 Å². The summed E-state index contributed by atoms with van der Waals surface area (Å²) in [6.45, 7) is 14.6. The molecule has 176 valence electrons. The highest BCUT2D eigenvalue weighted by molar-refractivity contribution is 7.92. The van der Waals surface area contributed by atoms with Gasteiger partial charge in [-0.15, -0.1) is 0 Å². The van der Waals surface area contributed by atoms with Crippen molar-refractivity contribution in [3.8, 4) is 5.75 Å². The molecule has 0 atom stereocenters. The summed E-state index contributed by atoms with van der Waals surface area (Å²) in [5.41, 5.74) is 2.87. The molecular weight excluding hydrogens is 420 g/mol. The summed E-state index contributed by atoms with van der Waals surface area (Å²) in [6.07, 6.45) is 3.16. The first kappa shape index (κ1) is 24.6. The molecule has 0 fully saturated rings. The number of nitrogens with zero attached hydrogens (tertiary/aromatic N) is 2. The highest BCUT2D eigenvalue weighted by Gasteiger charge is 2.30. The van der Waals surface area contributed by atoms with Gasteiger partial charge in [-0.1, -0.05) is 52.8 Å². The van der Waals surface area contributed by atoms with Gasteiger partial charge >= 0.3 is 0 Å². The van der Waals surface area contributed by atoms with E-state index in [4.69, 9.17) is 4.74 Å². The highest BCUT2D eigenvalue weighted by atomic mass is 32.2. The van der Waals surface area contributed by atoms with E-state index in [-0.39, 0.29) is 5.41 Å². The number of rotatable bonds is 9. The fourth-order valence-electron chi connectivity index (χ4n) is 4.15. The van der Waals surface area contributed by atoms with Gasteiger partial charge in [-0.3, -0.25) is 4.31 Å². The third-order valence-corrected chi connectivity index (χ3v) is 7.78. The van der Waals surface area contributed by atoms with Gasteiger partial charge in [0.2, 0.25) is 0 Å². The summed E-state index contributed by atoms with van der Waals surface area (Å²) in [5.74, 6) is 0.633. The highest BCUT2D eigenvalue weighted by Crippen LogP contribution is 2.36. The van der Waals surface area contributed by atoms with Crippen LogP contribution in [0.1, 0.15) is 58.6 Å². The monoisotopic (exact) mass is 458 g/mol. The molecule has 0 radical (unpaired) electrons. The quantitative estimate of drug-likeness (QED) is 0.516. The molecule has 5 nitrogen and oxygen atoms in total. The van der Waals surface area contributed by atoms with E-state index in [1.165, 1.54) is 4.31 Å². The zero-order chi connectivity index (χ0) is 23.4. The zero-order valence-corrected chi connectivity index (χ0v) is 21.0. The normalized spacial score (nSPS) is 14.4. The summed E-state index contributed by atoms with van der Waals surface area (Å²) >= 11 is 0. The van der Waals surface area contributed by atoms with Crippen LogP contribution in [-0.2, 0) is 21.9 Å². The average molecular weight is 459 g/mol. The molecule has 2 aromatic carbocycles. The molecule has 1 heterocycles. The van der Waals surface area contributed by atoms with E-state index in [9.17, 15) is 8.42 Å². The smallest absolute Gasteiger partial charge is 0.264 e. The Kier molecular flexibility index (Phi) is 7.88. The Labute approximate surface area is 194 Å². The number of fused-ring (bicyclic) bond motifs is 1. The van der Waals surface area contributed by atoms with Crippen molar-refractivity contribution in [2.45, 2.75) is 64.2 Å². The molecule has 0 amide bonds. The predicted octanol–water partition coefficient (Wildman–Crippen LogP) is 5.24. The Bertz CT molecular complexity index is 989. The van der Waals surface area contributed by atoms with Gasteiger partial charge in [0.25, 0.3) is 10.0 Å². The van der Waals surface area contributed by atoms with Gasteiger partial charge in [-0.05, 0) is 73.2 Å². The van der Waals surface area contributed by atoms with E-state index >= 15 is 0 Å². The molecule has 3 rings (SSSR count). The van der Waals surface area contributed by atoms with Gasteiger partial charge in [0, 0.05) is 6.54 Å². The van der Waals surface area contributed by atoms with Crippen LogP contribution in [0.25, 0.3) is 0 Å². The van der Waals surface area contributed by atoms with Crippen molar-refractivity contribution in [1.82, 2.24) is 4.90 Å². The fourth-order valence-corrected chi connectivity index (χ4v) is 5.60. The van der Waals surface area contributed by atoms with Crippen LogP contribution in [0.3, 0.4) is 0 Å². The number of hydrogen-bond acceptors (Lipinski definition) is 4. The topological polar surface area (TPSA) is 49.9 Å². The van der Waals surface area contributed by atoms with Crippen molar-refractivity contribution in [3.63, 3.8) is 0 Å². The minimum atomic E-state index is -3.66. The standard InChI is InChI=1S/C26H38N2O3S/c1-6-15-27(16-7-2)17-14-21-8-13-25-24(20-21)28(18-19-31-25)32(29,30)23-11-9-22(10-12-23)26(3,4)5/h8-13,20H,6-7,14-19H2,1-5H3. The van der Waals surface area contributed by atoms with E-state index in [1.807, 2.05) is 24.3 Å². The average Bonchev–Trinajstić information content (AvgIpc) is 2.76. The van der Waals surface area contributed by atoms with Gasteiger partial charge in [0.15, 0.2) is 0 Å². The van der Waals surface area contributed by atoms with Crippen LogP contribution < -0.4 is 9.04 Å². The van der Waals surface area contributed by atoms with E-state index in [1.54, 1.807) is 12.1 Å². The van der Waals surface area contributed by atoms with Gasteiger partial charge < -0.3 is 9.64 Å². The lowest BCUT2D eigenvalue weighted by atomic mass is 9.87. The van der Waals surface area contributed by atoms with Crippen LogP contribution in [0.2, 0.25) is 0 Å². The molecule has 1 aliphatic heterocycles. The summed E-state index contributed by atoms with van der Waals surface area (Å²) in [7, 11) is -3.66. The van der Waals surface area contributed by atoms with Crippen molar-refractivity contribution < 1.29 is 13.2 Å². The first-order valence-corrected chi connectivity index (χ1v) is 13.2. The number of benzene rings is 2. The van der Waals surface area contributed by atoms with Crippen molar-refractivity contribution >= 4 is 15.7 Å². The van der Waals surface area contributed by atoms with E-state index < -0.39 is 10.0 Å². The lowest BCUT2D eigenvalue weighted by Gasteiger charge is -2.31. The summed E-state index contributed by atoms with van der Waals surface area (Å²) < 4.78 is 34.3. The second-order valence-corrected chi connectivity index (χ2v) is 11.5. The van der Waals surface area contributed by atoms with Crippen LogP contribution in [0.5, 0.6) is 5.75 Å². The molecule has 0 unspecified atom stereocenters. The molecule has 0 aromatic heterocycles. The number of hydrogen-bond donors (Lipinski definition) is 0. The van der Waals surface area contributed by atoms with Crippen LogP contribution in [0.4, 0.5) is 5.69 Å². The molecule has 2 aromatic rings. The van der Waals surface area contributed by atoms with Gasteiger partial charge in [-0.2, -0.15) is 0 Å². The molecule has 0 bridgehead atoms. The largest absolute Gasteiger partial charge is 0.489 e. The van der Waals surface area contributed by atoms with Crippen molar-refractivity contribution in [3.05, 3.63) is 53.6 Å². The maximum atomic E-state index is 13.5. The van der Waals surface area contributed by atoms with E-state index in [2.05, 4.69) is 45.6 Å². The van der Waals surface area contributed by atoms with Crippen molar-refractivity contribution in [1.29, 1.82) is 0 Å². The Morgan fingerprint density at radius 2 is 1.62 bits per heavy atom. The number of ether oxygens (including phenoxy) is 1. The molecule has 0 aliphatic carbocycles. The SMILES string of the molecule is CCCN(CCC)CCc1ccc2c(c1)N(S(=O)(=O)c1ccc(C(C)(C)C)cc1)CCO2. The van der Waals surface area contributed by atoms with Crippen LogP contribution in [0, 0.1) is 0 Å². The molecule has 6 heteroatoms. The minimum absolute atomic E-state index is 0.0216. The second-order valence-electron chi connectivity index (χ2n) is 9.59. The first-order valence-electron chi connectivity index (χ1n) is 11.8. The summed E-state index contributed by atoms with van der Waals surface area (Å²) in [6, 6.07) is 13.2. The molecule has 0 saturated carbocycles. The van der Waals surface area contributed by atoms with Crippen LogP contribution in [-0.4, -0.2) is 46.1 Å². The van der Waals surface area contributed by atoms with Gasteiger partial charge in [0.05, 0.1) is 17.1 Å². The molecule has 0 saturated heterocycles. The fraction of sp³-hybridized carbons (Fsp3) is 0.538. The molecule has 0 spiro atoms. The minimum Gasteiger partial charge on any atom is -0.489 e. The Morgan fingerprint density at radius 1 is 0.969 bits per heavy atom. The maximum Gasteiger partial charge on any atom is 0.264 e. The molecule has 0 N–H and O–H groups in total. The van der Waals surface area contributed by atoms with Crippen molar-refractivity contribution in [2.24, 2.45) is 0 Å². The Balaban J connectivity index is 1.85. The zero-order valence-electron chi connectivity index (χ0n) is 20.2. The third kappa shape index (κ3) is 5.65. The van der Waals surface area contributed by atoms with E-state index in [0.717, 1.165) is 50.0 Å².